The summed E-state index contributed by atoms with van der Waals surface area (Å²) in [5.74, 6) is -0.395. The Kier molecular flexibility index (Phi) is 6.49. The van der Waals surface area contributed by atoms with Crippen molar-refractivity contribution in [2.45, 2.75) is 20.0 Å². The lowest BCUT2D eigenvalue weighted by Gasteiger charge is -2.10. The van der Waals surface area contributed by atoms with Crippen LogP contribution in [0.4, 0.5) is 0 Å². The van der Waals surface area contributed by atoms with Gasteiger partial charge in [0.2, 0.25) is 0 Å². The van der Waals surface area contributed by atoms with Crippen molar-refractivity contribution in [3.05, 3.63) is 23.8 Å². The van der Waals surface area contributed by atoms with Crippen molar-refractivity contribution >= 4 is 0 Å². The molecule has 1 unspecified atom stereocenters. The van der Waals surface area contributed by atoms with Crippen LogP contribution in [-0.4, -0.2) is 28.9 Å². The highest BCUT2D eigenvalue weighted by Crippen LogP contribution is 2.27. The lowest BCUT2D eigenvalue weighted by molar-refractivity contribution is 0.177. The summed E-state index contributed by atoms with van der Waals surface area (Å²) in [7, 11) is 1.73. The molecule has 0 aromatic heterocycles. The summed E-state index contributed by atoms with van der Waals surface area (Å²) in [5, 5.41) is 30.4. The van der Waals surface area contributed by atoms with Gasteiger partial charge in [-0.2, -0.15) is 0 Å². The van der Waals surface area contributed by atoms with Crippen LogP contribution in [0.25, 0.3) is 0 Å². The summed E-state index contributed by atoms with van der Waals surface area (Å²) in [6, 6.07) is 4.26. The van der Waals surface area contributed by atoms with E-state index in [1.54, 1.807) is 13.1 Å². The topological polar surface area (TPSA) is 72.7 Å². The van der Waals surface area contributed by atoms with Crippen LogP contribution in [0.2, 0.25) is 0 Å². The molecular formula is C11H19NO3. The smallest absolute Gasteiger partial charge is 0.157 e. The van der Waals surface area contributed by atoms with Gasteiger partial charge in [-0.1, -0.05) is 19.9 Å². The maximum absolute atomic E-state index is 9.48. The zero-order valence-corrected chi connectivity index (χ0v) is 9.36. The number of hydrogen-bond donors (Lipinski definition) is 4. The first-order valence-electron chi connectivity index (χ1n) is 4.99. The van der Waals surface area contributed by atoms with Crippen LogP contribution in [0.15, 0.2) is 18.2 Å². The molecule has 4 nitrogen and oxygen atoms in total. The molecule has 1 atom stereocenters. The SMILES string of the molecule is CC.CNCC(O)c1ccc(O)c(O)c1. The molecule has 0 bridgehead atoms. The fourth-order valence-corrected chi connectivity index (χ4v) is 1.06. The van der Waals surface area contributed by atoms with Gasteiger partial charge in [-0.3, -0.25) is 0 Å². The molecule has 0 spiro atoms. The maximum atomic E-state index is 9.48. The second-order valence-electron chi connectivity index (χ2n) is 2.82. The fraction of sp³-hybridized carbons (Fsp3) is 0.455. The molecule has 4 heteroatoms. The first-order valence-corrected chi connectivity index (χ1v) is 4.99. The van der Waals surface area contributed by atoms with Gasteiger partial charge < -0.3 is 20.6 Å². The van der Waals surface area contributed by atoms with E-state index < -0.39 is 6.10 Å². The third kappa shape index (κ3) is 4.18. The number of likely N-dealkylation sites (N-methyl/N-ethyl adjacent to an activating group) is 1. The molecule has 0 radical (unpaired) electrons. The molecule has 1 aromatic rings. The number of benzene rings is 1. The maximum Gasteiger partial charge on any atom is 0.157 e. The number of rotatable bonds is 3. The second-order valence-corrected chi connectivity index (χ2v) is 2.82. The van der Waals surface area contributed by atoms with E-state index in [0.29, 0.717) is 12.1 Å². The van der Waals surface area contributed by atoms with Gasteiger partial charge in [-0.25, -0.2) is 0 Å². The molecule has 0 heterocycles. The van der Waals surface area contributed by atoms with Crippen LogP contribution in [0.1, 0.15) is 25.5 Å². The zero-order chi connectivity index (χ0) is 11.8. The minimum atomic E-state index is -0.670. The summed E-state index contributed by atoms with van der Waals surface area (Å²) in [4.78, 5) is 0. The van der Waals surface area contributed by atoms with Crippen molar-refractivity contribution in [1.82, 2.24) is 5.32 Å². The average molecular weight is 213 g/mol. The van der Waals surface area contributed by atoms with Crippen LogP contribution in [0.5, 0.6) is 11.5 Å². The number of aliphatic hydroxyl groups is 1. The van der Waals surface area contributed by atoms with Crippen LogP contribution < -0.4 is 5.32 Å². The lowest BCUT2D eigenvalue weighted by atomic mass is 10.1. The molecule has 86 valence electrons. The Bertz CT molecular complexity index is 289. The van der Waals surface area contributed by atoms with Crippen molar-refractivity contribution in [2.24, 2.45) is 0 Å². The van der Waals surface area contributed by atoms with Crippen molar-refractivity contribution in [2.75, 3.05) is 13.6 Å². The fourth-order valence-electron chi connectivity index (χ4n) is 1.06. The van der Waals surface area contributed by atoms with Gasteiger partial charge in [0, 0.05) is 6.54 Å². The molecule has 0 amide bonds. The minimum absolute atomic E-state index is 0.180. The van der Waals surface area contributed by atoms with E-state index in [0.717, 1.165) is 0 Å². The van der Waals surface area contributed by atoms with Crippen LogP contribution >= 0.6 is 0 Å². The number of aromatic hydroxyl groups is 2. The van der Waals surface area contributed by atoms with Gasteiger partial charge >= 0.3 is 0 Å². The predicted molar refractivity (Wildman–Crippen MR) is 60.0 cm³/mol. The number of nitrogens with one attached hydrogen (secondary N) is 1. The number of phenolic OH excluding ortho intramolecular Hbond substituents is 2. The van der Waals surface area contributed by atoms with E-state index in [1.807, 2.05) is 13.8 Å². The predicted octanol–water partition coefficient (Wildman–Crippen LogP) is 1.38. The van der Waals surface area contributed by atoms with E-state index in [-0.39, 0.29) is 11.5 Å². The Morgan fingerprint density at radius 1 is 1.20 bits per heavy atom. The summed E-state index contributed by atoms with van der Waals surface area (Å²) in [5.41, 5.74) is 0.574. The van der Waals surface area contributed by atoms with Crippen molar-refractivity contribution in [1.29, 1.82) is 0 Å². The van der Waals surface area contributed by atoms with Gasteiger partial charge in [0.15, 0.2) is 11.5 Å². The first kappa shape index (κ1) is 13.7. The van der Waals surface area contributed by atoms with Gasteiger partial charge in [-0.15, -0.1) is 0 Å². The Labute approximate surface area is 90.2 Å². The third-order valence-corrected chi connectivity index (χ3v) is 1.78. The summed E-state index contributed by atoms with van der Waals surface area (Å²) >= 11 is 0. The first-order chi connectivity index (χ1) is 7.15. The standard InChI is InChI=1S/C9H13NO3.C2H6/c1-10-5-9(13)6-2-3-7(11)8(12)4-6;1-2/h2-4,9-13H,5H2,1H3;1-2H3. The lowest BCUT2D eigenvalue weighted by Crippen LogP contribution is -2.16. The second kappa shape index (κ2) is 7.09. The highest BCUT2D eigenvalue weighted by atomic mass is 16.3. The highest BCUT2D eigenvalue weighted by Gasteiger charge is 2.08. The van der Waals surface area contributed by atoms with Crippen molar-refractivity contribution in [3.8, 4) is 11.5 Å². The largest absolute Gasteiger partial charge is 0.504 e. The Morgan fingerprint density at radius 3 is 2.27 bits per heavy atom. The molecule has 1 rings (SSSR count). The minimum Gasteiger partial charge on any atom is -0.504 e. The van der Waals surface area contributed by atoms with Gasteiger partial charge in [-0.05, 0) is 24.7 Å². The van der Waals surface area contributed by atoms with Crippen molar-refractivity contribution < 1.29 is 15.3 Å². The normalized spacial score (nSPS) is 11.5. The van der Waals surface area contributed by atoms with E-state index in [4.69, 9.17) is 10.2 Å². The van der Waals surface area contributed by atoms with Crippen LogP contribution in [0.3, 0.4) is 0 Å². The monoisotopic (exact) mass is 213 g/mol. The average Bonchev–Trinajstić information content (AvgIpc) is 2.25. The molecule has 0 aliphatic rings. The molecule has 15 heavy (non-hydrogen) atoms. The Hall–Kier alpha value is -1.26. The molecule has 0 aliphatic heterocycles. The van der Waals surface area contributed by atoms with E-state index >= 15 is 0 Å². The summed E-state index contributed by atoms with van der Waals surface area (Å²) in [6.07, 6.45) is -0.670. The molecule has 1 aromatic carbocycles. The van der Waals surface area contributed by atoms with Crippen LogP contribution in [0, 0.1) is 0 Å². The van der Waals surface area contributed by atoms with E-state index in [9.17, 15) is 5.11 Å². The highest BCUT2D eigenvalue weighted by molar-refractivity contribution is 5.41. The molecule has 0 saturated carbocycles. The van der Waals surface area contributed by atoms with E-state index in [2.05, 4.69) is 5.32 Å². The Balaban J connectivity index is 0.000000921. The Morgan fingerprint density at radius 2 is 1.80 bits per heavy atom. The molecule has 4 N–H and O–H groups in total. The number of hydrogen-bond acceptors (Lipinski definition) is 4. The quantitative estimate of drug-likeness (QED) is 0.572. The molecule has 0 saturated heterocycles. The zero-order valence-electron chi connectivity index (χ0n) is 9.36. The molecular weight excluding hydrogens is 194 g/mol. The van der Waals surface area contributed by atoms with E-state index in [1.165, 1.54) is 12.1 Å². The molecule has 0 aliphatic carbocycles. The molecule has 0 fully saturated rings. The van der Waals surface area contributed by atoms with Gasteiger partial charge in [0.25, 0.3) is 0 Å². The van der Waals surface area contributed by atoms with Gasteiger partial charge in [0.1, 0.15) is 0 Å². The van der Waals surface area contributed by atoms with Crippen LogP contribution in [-0.2, 0) is 0 Å². The third-order valence-electron chi connectivity index (χ3n) is 1.78. The number of aliphatic hydroxyl groups excluding tert-OH is 1. The van der Waals surface area contributed by atoms with Crippen molar-refractivity contribution in [3.63, 3.8) is 0 Å². The summed E-state index contributed by atoms with van der Waals surface area (Å²) in [6.45, 7) is 4.41. The summed E-state index contributed by atoms with van der Waals surface area (Å²) < 4.78 is 0. The van der Waals surface area contributed by atoms with Gasteiger partial charge in [0.05, 0.1) is 6.10 Å². The number of phenols is 2.